The third kappa shape index (κ3) is 10.6. The van der Waals surface area contributed by atoms with Crippen molar-refractivity contribution < 1.29 is 0 Å². The molecule has 0 N–H and O–H groups in total. The summed E-state index contributed by atoms with van der Waals surface area (Å²) < 4.78 is 0. The van der Waals surface area contributed by atoms with Gasteiger partial charge in [-0.25, -0.2) is 4.98 Å². The molecule has 12 heterocycles. The summed E-state index contributed by atoms with van der Waals surface area (Å²) in [6, 6.07) is 114. The molecule has 8 aliphatic heterocycles. The van der Waals surface area contributed by atoms with Gasteiger partial charge in [0.2, 0.25) is 0 Å². The van der Waals surface area contributed by atoms with Crippen molar-refractivity contribution in [2.75, 3.05) is 19.6 Å². The van der Waals surface area contributed by atoms with Crippen LogP contribution in [0.4, 0.5) is 68.4 Å². The molecule has 8 aliphatic carbocycles. The lowest BCUT2D eigenvalue weighted by Crippen LogP contribution is -2.26. The van der Waals surface area contributed by atoms with Crippen LogP contribution in [-0.2, 0) is 103 Å². The van der Waals surface area contributed by atoms with E-state index in [1.54, 1.807) is 0 Å². The van der Waals surface area contributed by atoms with Gasteiger partial charge in [-0.05, 0) is 367 Å². The van der Waals surface area contributed by atoms with E-state index in [4.69, 9.17) is 9.97 Å². The zero-order valence-corrected chi connectivity index (χ0v) is 77.2. The molecule has 36 rings (SSSR count). The maximum atomic E-state index is 4.89. The van der Waals surface area contributed by atoms with Crippen molar-refractivity contribution in [3.8, 4) is 89.0 Å². The standard InChI is InChI=1S/4C33H22N2/c1-3-9-25-19(6-1)17-27-26(25)12-11-21-15-23-16-24-14-20-7-2-4-10-29(20)35-32(24)28(31(23)30(21)27)18-22-8-5-13-34-33(22)35;1-3-8-24-19(6-1)17-26-25(24)12-11-21-15-22-16-23-14-20-7-2-4-9-29(20)35-30-10-5-13-34-28(30)18-27(33(23)35)32(22)31(21)26;1-3-7-25-19(5-1)16-27-26(25)10-9-22-14-23-15-24-13-20-6-2-4-8-29(20)35-30-18-34-12-11-21(30)17-28(33(24)35)32(23)31(22)27;1-3-7-25-19(5-1)16-27-26(25)10-9-21-14-22-15-23-13-20-6-2-4-8-29(20)35-30-11-12-34-18-24(30)17-28(33(23)35)32(22)31(21)27/h2*1-13,16H,14-15,17-18H2;2*1-12,15,18H,13-14,16-17H2. The minimum Gasteiger partial charge on any atom is -0.309 e. The van der Waals surface area contributed by atoms with Crippen LogP contribution in [0.3, 0.4) is 0 Å². The third-order valence-electron chi connectivity index (χ3n) is 34.3. The molecule has 8 nitrogen and oxygen atoms in total. The van der Waals surface area contributed by atoms with E-state index in [9.17, 15) is 0 Å². The normalized spacial score (nSPS) is 14.9. The fourth-order valence-corrected chi connectivity index (χ4v) is 28.9. The number of hydrogen-bond acceptors (Lipinski definition) is 8. The third-order valence-corrected chi connectivity index (χ3v) is 34.3. The highest BCUT2D eigenvalue weighted by Crippen LogP contribution is 2.65. The van der Waals surface area contributed by atoms with Crippen LogP contribution in [0.25, 0.3) is 89.0 Å². The van der Waals surface area contributed by atoms with Gasteiger partial charge in [-0.2, -0.15) is 0 Å². The van der Waals surface area contributed by atoms with Crippen LogP contribution in [0.1, 0.15) is 178 Å². The van der Waals surface area contributed by atoms with E-state index in [0.29, 0.717) is 0 Å². The van der Waals surface area contributed by atoms with Crippen LogP contribution in [0, 0.1) is 0 Å². The Bertz CT molecular complexity index is 8040. The van der Waals surface area contributed by atoms with Crippen molar-refractivity contribution in [2.24, 2.45) is 0 Å². The summed E-state index contributed by atoms with van der Waals surface area (Å²) in [5.41, 5.74) is 84.5. The molecule has 4 aromatic heterocycles. The highest BCUT2D eigenvalue weighted by atomic mass is 15.2. The fraction of sp³-hybridized carbons (Fsp3) is 0.121. The quantitative estimate of drug-likeness (QED) is 0.149. The fourth-order valence-electron chi connectivity index (χ4n) is 28.9. The Labute approximate surface area is 812 Å². The van der Waals surface area contributed by atoms with Crippen LogP contribution in [-0.4, -0.2) is 19.9 Å². The number of fused-ring (bicyclic) bond motifs is 48. The summed E-state index contributed by atoms with van der Waals surface area (Å²) in [5, 5.41) is 0. The van der Waals surface area contributed by atoms with Crippen LogP contribution in [0.5, 0.6) is 0 Å². The van der Waals surface area contributed by atoms with Crippen LogP contribution in [0.15, 0.2) is 340 Å². The first-order chi connectivity index (χ1) is 69.4. The summed E-state index contributed by atoms with van der Waals surface area (Å²) >= 11 is 0. The van der Waals surface area contributed by atoms with Gasteiger partial charge in [0, 0.05) is 99.4 Å². The first-order valence-electron chi connectivity index (χ1n) is 50.3. The molecule has 140 heavy (non-hydrogen) atoms. The van der Waals surface area contributed by atoms with Crippen LogP contribution in [0.2, 0.25) is 0 Å². The monoisotopic (exact) mass is 1780 g/mol. The predicted molar refractivity (Wildman–Crippen MR) is 564 cm³/mol. The molecule has 0 saturated heterocycles. The minimum atomic E-state index is 0.899. The van der Waals surface area contributed by atoms with Crippen LogP contribution >= 0.6 is 0 Å². The second-order valence-electron chi connectivity index (χ2n) is 41.4. The summed E-state index contributed by atoms with van der Waals surface area (Å²) in [4.78, 5) is 28.8. The van der Waals surface area contributed by atoms with E-state index in [1.807, 2.05) is 24.8 Å². The van der Waals surface area contributed by atoms with E-state index in [2.05, 4.69) is 345 Å². The molecule has 0 fully saturated rings. The second kappa shape index (κ2) is 28.5. The van der Waals surface area contributed by atoms with E-state index in [-0.39, 0.29) is 0 Å². The summed E-state index contributed by atoms with van der Waals surface area (Å²) in [7, 11) is 0. The molecule has 0 bridgehead atoms. The number of aromatic nitrogens is 4. The number of rotatable bonds is 0. The molecular weight excluding hydrogens is 1700 g/mol. The lowest BCUT2D eigenvalue weighted by molar-refractivity contribution is 0.969. The topological polar surface area (TPSA) is 64.5 Å². The van der Waals surface area contributed by atoms with Gasteiger partial charge in [-0.1, -0.05) is 249 Å². The Balaban J connectivity index is 0.0000000829. The predicted octanol–water partition coefficient (Wildman–Crippen LogP) is 30.0. The Kier molecular flexibility index (Phi) is 15.6. The van der Waals surface area contributed by atoms with Gasteiger partial charge in [-0.15, -0.1) is 0 Å². The lowest BCUT2D eigenvalue weighted by atomic mass is 9.81. The van der Waals surface area contributed by atoms with Gasteiger partial charge in [0.25, 0.3) is 0 Å². The van der Waals surface area contributed by atoms with Gasteiger partial charge in [0.15, 0.2) is 0 Å². The smallest absolute Gasteiger partial charge is 0.141 e. The van der Waals surface area contributed by atoms with Crippen LogP contribution < -0.4 is 19.6 Å². The number of para-hydroxylation sites is 4. The Hall–Kier alpha value is -16.7. The lowest BCUT2D eigenvalue weighted by Gasteiger charge is -2.40. The highest BCUT2D eigenvalue weighted by Gasteiger charge is 2.46. The largest absolute Gasteiger partial charge is 0.309 e. The van der Waals surface area contributed by atoms with E-state index >= 15 is 0 Å². The number of pyridine rings is 4. The van der Waals surface area contributed by atoms with E-state index in [1.165, 1.54) is 330 Å². The van der Waals surface area contributed by atoms with Gasteiger partial charge >= 0.3 is 0 Å². The van der Waals surface area contributed by atoms with Gasteiger partial charge in [0.1, 0.15) is 5.82 Å². The average Bonchev–Trinajstić information content (AvgIpc) is 1.46. The van der Waals surface area contributed by atoms with Gasteiger partial charge in [0.05, 0.1) is 57.4 Å². The van der Waals surface area contributed by atoms with Crippen molar-refractivity contribution in [1.82, 2.24) is 19.9 Å². The Morgan fingerprint density at radius 1 is 0.157 bits per heavy atom. The van der Waals surface area contributed by atoms with Gasteiger partial charge < -0.3 is 14.7 Å². The van der Waals surface area contributed by atoms with Crippen molar-refractivity contribution in [1.29, 1.82) is 0 Å². The molecular formula is C132H88N8. The molecule has 20 aromatic rings. The summed E-state index contributed by atoms with van der Waals surface area (Å²) in [6.07, 6.45) is 28.0. The summed E-state index contributed by atoms with van der Waals surface area (Å²) in [6.45, 7) is 0. The molecule has 656 valence electrons. The van der Waals surface area contributed by atoms with Crippen molar-refractivity contribution in [3.05, 3.63) is 519 Å². The molecule has 0 saturated carbocycles. The number of hydrogen-bond donors (Lipinski definition) is 0. The zero-order valence-electron chi connectivity index (χ0n) is 77.2. The second-order valence-corrected chi connectivity index (χ2v) is 41.4. The van der Waals surface area contributed by atoms with Crippen molar-refractivity contribution in [2.45, 2.75) is 103 Å². The van der Waals surface area contributed by atoms with Crippen molar-refractivity contribution in [3.63, 3.8) is 0 Å². The minimum absolute atomic E-state index is 0.899. The molecule has 0 amide bonds. The van der Waals surface area contributed by atoms with E-state index in [0.717, 1.165) is 109 Å². The molecule has 0 radical (unpaired) electrons. The first-order valence-corrected chi connectivity index (χ1v) is 50.3. The molecule has 0 spiro atoms. The number of anilines is 12. The first kappa shape index (κ1) is 76.5. The molecule has 8 heteroatoms. The Morgan fingerprint density at radius 2 is 0.443 bits per heavy atom. The SMILES string of the molecule is c1ccc2c(c1)Cc1c-2ccc2c1-c1c(cc3c4c1Cc1cccnc1N4c1ccccc1C3)C2.c1ccc2c(c1)Cc1c-2ccc2c1-c1c(cc3c4c1Cc1ccncc1N4c1ccccc1C3)C2.c1ccc2c(c1)Cc1c-2ccc2c1-c1c(cc3c4c1Cc1cnccc1N4c1ccccc1C3)C2.c1ccc2c(c1)Cc1c-2ccc2c1-c1c(cc3c4c1Cc1ncccc1N4c1ccccc1C3)C2. The Morgan fingerprint density at radius 3 is 0.879 bits per heavy atom. The highest BCUT2D eigenvalue weighted by molar-refractivity contribution is 6.05. The molecule has 0 unspecified atom stereocenters. The average molecular weight is 1790 g/mol. The molecule has 0 atom stereocenters. The zero-order chi connectivity index (χ0) is 90.7. The van der Waals surface area contributed by atoms with Gasteiger partial charge in [-0.3, -0.25) is 19.9 Å². The maximum Gasteiger partial charge on any atom is 0.141 e. The molecule has 16 aromatic carbocycles. The van der Waals surface area contributed by atoms with E-state index < -0.39 is 0 Å². The van der Waals surface area contributed by atoms with Crippen molar-refractivity contribution >= 4 is 68.4 Å². The number of benzene rings is 16. The summed E-state index contributed by atoms with van der Waals surface area (Å²) in [5.74, 6) is 1.09. The molecule has 16 aliphatic rings. The maximum absolute atomic E-state index is 4.89. The number of nitrogens with zero attached hydrogens (tertiary/aromatic N) is 8.